The van der Waals surface area contributed by atoms with E-state index in [0.29, 0.717) is 5.95 Å². The van der Waals surface area contributed by atoms with Gasteiger partial charge >= 0.3 is 0 Å². The molecule has 0 bridgehead atoms. The minimum absolute atomic E-state index is 0.634. The number of benzene rings is 2. The molecule has 2 heterocycles. The van der Waals surface area contributed by atoms with Crippen molar-refractivity contribution >= 4 is 17.5 Å². The zero-order valence-electron chi connectivity index (χ0n) is 13.7. The number of aryl methyl sites for hydroxylation is 1. The molecule has 0 amide bonds. The predicted molar refractivity (Wildman–Crippen MR) is 97.7 cm³/mol. The van der Waals surface area contributed by atoms with E-state index in [4.69, 9.17) is 4.98 Å². The summed E-state index contributed by atoms with van der Waals surface area (Å²) >= 11 is 0. The van der Waals surface area contributed by atoms with Crippen LogP contribution in [0.2, 0.25) is 0 Å². The van der Waals surface area contributed by atoms with E-state index in [9.17, 15) is 0 Å². The summed E-state index contributed by atoms with van der Waals surface area (Å²) in [5.74, 6) is 1.60. The zero-order valence-corrected chi connectivity index (χ0v) is 13.7. The van der Waals surface area contributed by atoms with Crippen molar-refractivity contribution in [3.63, 3.8) is 0 Å². The fourth-order valence-electron chi connectivity index (χ4n) is 3.04. The average Bonchev–Trinajstić information content (AvgIpc) is 2.63. The van der Waals surface area contributed by atoms with Crippen molar-refractivity contribution in [1.29, 1.82) is 0 Å². The van der Waals surface area contributed by atoms with Crippen molar-refractivity contribution < 1.29 is 0 Å². The van der Waals surface area contributed by atoms with Crippen molar-refractivity contribution in [2.45, 2.75) is 19.9 Å². The summed E-state index contributed by atoms with van der Waals surface area (Å²) in [4.78, 5) is 11.3. The Kier molecular flexibility index (Phi) is 3.87. The van der Waals surface area contributed by atoms with Crippen molar-refractivity contribution in [2.75, 3.05) is 16.8 Å². The van der Waals surface area contributed by atoms with E-state index < -0.39 is 0 Å². The molecule has 1 aliphatic rings. The summed E-state index contributed by atoms with van der Waals surface area (Å²) < 4.78 is 0. The summed E-state index contributed by atoms with van der Waals surface area (Å²) in [6.07, 6.45) is 2.88. The third kappa shape index (κ3) is 3.08. The molecule has 1 aromatic heterocycles. The minimum atomic E-state index is 0.634. The molecule has 2 aromatic carbocycles. The molecule has 0 aliphatic carbocycles. The first-order chi connectivity index (χ1) is 11.8. The first-order valence-corrected chi connectivity index (χ1v) is 8.26. The van der Waals surface area contributed by atoms with Crippen molar-refractivity contribution in [3.8, 4) is 0 Å². The molecule has 0 saturated heterocycles. The zero-order chi connectivity index (χ0) is 16.4. The average molecular weight is 316 g/mol. The Morgan fingerprint density at radius 3 is 2.58 bits per heavy atom. The van der Waals surface area contributed by atoms with Crippen molar-refractivity contribution in [2.24, 2.45) is 0 Å². The molecule has 0 atom stereocenters. The van der Waals surface area contributed by atoms with E-state index in [-0.39, 0.29) is 0 Å². The molecule has 0 spiro atoms. The first-order valence-electron chi connectivity index (χ1n) is 8.26. The lowest BCUT2D eigenvalue weighted by Gasteiger charge is -2.29. The number of anilines is 3. The largest absolute Gasteiger partial charge is 0.352 e. The lowest BCUT2D eigenvalue weighted by Crippen LogP contribution is -2.31. The van der Waals surface area contributed by atoms with Gasteiger partial charge in [0.2, 0.25) is 5.95 Å². The van der Waals surface area contributed by atoms with Crippen LogP contribution in [0.1, 0.15) is 16.7 Å². The fourth-order valence-corrected chi connectivity index (χ4v) is 3.04. The van der Waals surface area contributed by atoms with Crippen LogP contribution in [-0.4, -0.2) is 16.5 Å². The number of fused-ring (bicyclic) bond motifs is 1. The van der Waals surface area contributed by atoms with E-state index in [1.807, 2.05) is 24.4 Å². The lowest BCUT2D eigenvalue weighted by atomic mass is 10.00. The second-order valence-electron chi connectivity index (χ2n) is 6.17. The van der Waals surface area contributed by atoms with Gasteiger partial charge in [-0.05, 0) is 42.7 Å². The molecule has 24 heavy (non-hydrogen) atoms. The van der Waals surface area contributed by atoms with Gasteiger partial charge in [0.1, 0.15) is 5.82 Å². The van der Waals surface area contributed by atoms with Crippen LogP contribution in [0.3, 0.4) is 0 Å². The fraction of sp³-hybridized carbons (Fsp3) is 0.200. The lowest BCUT2D eigenvalue weighted by molar-refractivity contribution is 0.720. The molecular formula is C20H20N4. The van der Waals surface area contributed by atoms with Crippen LogP contribution in [0.25, 0.3) is 0 Å². The summed E-state index contributed by atoms with van der Waals surface area (Å²) in [5.41, 5.74) is 5.07. The van der Waals surface area contributed by atoms with Crippen LogP contribution in [0.4, 0.5) is 17.5 Å². The topological polar surface area (TPSA) is 41.1 Å². The number of nitrogens with zero attached hydrogens (tertiary/aromatic N) is 3. The third-order valence-electron chi connectivity index (χ3n) is 4.40. The monoisotopic (exact) mass is 316 g/mol. The maximum Gasteiger partial charge on any atom is 0.229 e. The Hall–Kier alpha value is -2.88. The number of nitrogens with one attached hydrogen (secondary N) is 1. The molecule has 1 aliphatic heterocycles. The molecule has 0 unspecified atom stereocenters. The van der Waals surface area contributed by atoms with Gasteiger partial charge in [-0.2, -0.15) is 4.98 Å². The number of rotatable bonds is 3. The number of hydrogen-bond donors (Lipinski definition) is 1. The second kappa shape index (κ2) is 6.32. The van der Waals surface area contributed by atoms with Crippen LogP contribution < -0.4 is 10.2 Å². The van der Waals surface area contributed by atoms with Gasteiger partial charge in [0, 0.05) is 25.0 Å². The van der Waals surface area contributed by atoms with E-state index in [2.05, 4.69) is 58.5 Å². The highest BCUT2D eigenvalue weighted by Gasteiger charge is 2.17. The smallest absolute Gasteiger partial charge is 0.229 e. The summed E-state index contributed by atoms with van der Waals surface area (Å²) in [6.45, 7) is 3.96. The van der Waals surface area contributed by atoms with Crippen LogP contribution in [0.5, 0.6) is 0 Å². The molecule has 1 N–H and O–H groups in total. The minimum Gasteiger partial charge on any atom is -0.352 e. The number of aromatic nitrogens is 2. The van der Waals surface area contributed by atoms with Crippen molar-refractivity contribution in [1.82, 2.24) is 9.97 Å². The maximum absolute atomic E-state index is 4.69. The van der Waals surface area contributed by atoms with Crippen LogP contribution >= 0.6 is 0 Å². The van der Waals surface area contributed by atoms with Gasteiger partial charge in [0.15, 0.2) is 0 Å². The molecular weight excluding hydrogens is 296 g/mol. The molecule has 0 fully saturated rings. The quantitative estimate of drug-likeness (QED) is 0.790. The highest BCUT2D eigenvalue weighted by atomic mass is 15.2. The Balaban J connectivity index is 1.54. The van der Waals surface area contributed by atoms with E-state index in [1.165, 1.54) is 16.7 Å². The molecule has 120 valence electrons. The Morgan fingerprint density at radius 1 is 0.958 bits per heavy atom. The van der Waals surface area contributed by atoms with Gasteiger partial charge in [0.05, 0.1) is 0 Å². The van der Waals surface area contributed by atoms with Gasteiger partial charge in [-0.25, -0.2) is 4.98 Å². The summed E-state index contributed by atoms with van der Waals surface area (Å²) in [5, 5.41) is 3.28. The molecule has 4 nitrogen and oxygen atoms in total. The van der Waals surface area contributed by atoms with Crippen LogP contribution in [-0.2, 0) is 13.0 Å². The van der Waals surface area contributed by atoms with Crippen molar-refractivity contribution in [3.05, 3.63) is 77.5 Å². The van der Waals surface area contributed by atoms with E-state index in [1.54, 1.807) is 0 Å². The van der Waals surface area contributed by atoms with Gasteiger partial charge in [-0.15, -0.1) is 0 Å². The summed E-state index contributed by atoms with van der Waals surface area (Å²) in [6, 6.07) is 18.9. The predicted octanol–water partition coefficient (Wildman–Crippen LogP) is 4.09. The van der Waals surface area contributed by atoms with Crippen LogP contribution in [0, 0.1) is 6.92 Å². The molecule has 0 radical (unpaired) electrons. The standard InChI is InChI=1S/C20H20N4/c1-15-6-8-18(9-7-15)22-20-21-12-10-19(23-20)24-13-11-16-4-2-3-5-17(16)14-24/h2-10,12H,11,13-14H2,1H3,(H,21,22,23). The third-order valence-corrected chi connectivity index (χ3v) is 4.40. The summed E-state index contributed by atoms with van der Waals surface area (Å²) in [7, 11) is 0. The van der Waals surface area contributed by atoms with E-state index >= 15 is 0 Å². The van der Waals surface area contributed by atoms with Crippen LogP contribution in [0.15, 0.2) is 60.8 Å². The Bertz CT molecular complexity index is 842. The molecule has 4 rings (SSSR count). The maximum atomic E-state index is 4.69. The molecule has 4 heteroatoms. The van der Waals surface area contributed by atoms with E-state index in [0.717, 1.165) is 31.0 Å². The van der Waals surface area contributed by atoms with Gasteiger partial charge < -0.3 is 10.2 Å². The van der Waals surface area contributed by atoms with Gasteiger partial charge in [-0.1, -0.05) is 42.0 Å². The molecule has 0 saturated carbocycles. The number of hydrogen-bond acceptors (Lipinski definition) is 4. The molecule has 3 aromatic rings. The van der Waals surface area contributed by atoms with Gasteiger partial charge in [0.25, 0.3) is 0 Å². The highest BCUT2D eigenvalue weighted by molar-refractivity contribution is 5.55. The van der Waals surface area contributed by atoms with Gasteiger partial charge in [-0.3, -0.25) is 0 Å². The Labute approximate surface area is 142 Å². The normalized spacial score (nSPS) is 13.5. The highest BCUT2D eigenvalue weighted by Crippen LogP contribution is 2.24. The second-order valence-corrected chi connectivity index (χ2v) is 6.17. The Morgan fingerprint density at radius 2 is 1.75 bits per heavy atom. The SMILES string of the molecule is Cc1ccc(Nc2nccc(N3CCc4ccccc4C3)n2)cc1. The first kappa shape index (κ1) is 14.7.